The summed E-state index contributed by atoms with van der Waals surface area (Å²) >= 11 is 0. The van der Waals surface area contributed by atoms with Gasteiger partial charge in [-0.05, 0) is 17.9 Å². The van der Waals surface area contributed by atoms with Gasteiger partial charge >= 0.3 is 0 Å². The van der Waals surface area contributed by atoms with E-state index in [1.807, 2.05) is 13.1 Å². The molecule has 0 amide bonds. The summed E-state index contributed by atoms with van der Waals surface area (Å²) in [5.74, 6) is 0.862. The third-order valence-electron chi connectivity index (χ3n) is 2.87. The fourth-order valence-electron chi connectivity index (χ4n) is 1.43. The monoisotopic (exact) mass is 203 g/mol. The smallest absolute Gasteiger partial charge is 0.129 e. The molecule has 0 radical (unpaired) electrons. The van der Waals surface area contributed by atoms with Gasteiger partial charge in [0.2, 0.25) is 0 Å². The molecule has 0 atom stereocenters. The Hall–Kier alpha value is -1.56. The van der Waals surface area contributed by atoms with Crippen molar-refractivity contribution in [2.24, 2.45) is 0 Å². The topological polar surface area (TPSA) is 48.7 Å². The minimum absolute atomic E-state index is 0.0399. The van der Waals surface area contributed by atoms with Crippen molar-refractivity contribution in [3.63, 3.8) is 0 Å². The number of anilines is 1. The van der Waals surface area contributed by atoms with Crippen molar-refractivity contribution in [1.82, 2.24) is 4.98 Å². The van der Waals surface area contributed by atoms with Crippen LogP contribution in [-0.2, 0) is 5.41 Å². The van der Waals surface area contributed by atoms with E-state index in [1.54, 1.807) is 6.20 Å². The Morgan fingerprint density at radius 3 is 2.67 bits per heavy atom. The molecule has 0 fully saturated rings. The number of pyridine rings is 1. The highest BCUT2D eigenvalue weighted by Crippen LogP contribution is 2.31. The molecule has 1 heterocycles. The number of rotatable bonds is 3. The minimum atomic E-state index is 0.0399. The summed E-state index contributed by atoms with van der Waals surface area (Å²) in [6.45, 7) is 6.45. The zero-order valence-electron chi connectivity index (χ0n) is 9.76. The molecular weight excluding hydrogens is 186 g/mol. The summed E-state index contributed by atoms with van der Waals surface area (Å²) < 4.78 is 0. The quantitative estimate of drug-likeness (QED) is 0.821. The van der Waals surface area contributed by atoms with Crippen LogP contribution in [0.1, 0.15) is 38.3 Å². The van der Waals surface area contributed by atoms with Crippen LogP contribution in [0.5, 0.6) is 0 Å². The zero-order chi connectivity index (χ0) is 11.5. The molecule has 0 aliphatic carbocycles. The van der Waals surface area contributed by atoms with Crippen LogP contribution in [0.2, 0.25) is 0 Å². The fraction of sp³-hybridized carbons (Fsp3) is 0.500. The summed E-state index contributed by atoms with van der Waals surface area (Å²) in [5.41, 5.74) is 1.76. The standard InChI is InChI=1S/C12H17N3/c1-5-12(2,3)10-6-9(7-13)8-15-11(10)14-4/h6,8H,5H2,1-4H3,(H,14,15). The molecule has 0 aliphatic heterocycles. The largest absolute Gasteiger partial charge is 0.373 e. The molecule has 0 spiro atoms. The van der Waals surface area contributed by atoms with Gasteiger partial charge in [0.05, 0.1) is 5.56 Å². The van der Waals surface area contributed by atoms with E-state index in [1.165, 1.54) is 0 Å². The van der Waals surface area contributed by atoms with Gasteiger partial charge in [-0.15, -0.1) is 0 Å². The molecule has 1 N–H and O–H groups in total. The lowest BCUT2D eigenvalue weighted by Crippen LogP contribution is -2.18. The van der Waals surface area contributed by atoms with E-state index in [9.17, 15) is 0 Å². The molecule has 0 unspecified atom stereocenters. The zero-order valence-corrected chi connectivity index (χ0v) is 9.76. The molecular formula is C12H17N3. The molecule has 0 aromatic carbocycles. The third-order valence-corrected chi connectivity index (χ3v) is 2.87. The Morgan fingerprint density at radius 1 is 1.53 bits per heavy atom. The third kappa shape index (κ3) is 2.27. The molecule has 1 aromatic rings. The maximum atomic E-state index is 8.85. The molecule has 0 bridgehead atoms. The van der Waals surface area contributed by atoms with Crippen LogP contribution in [0.4, 0.5) is 5.82 Å². The molecule has 1 rings (SSSR count). The Morgan fingerprint density at radius 2 is 2.20 bits per heavy atom. The fourth-order valence-corrected chi connectivity index (χ4v) is 1.43. The van der Waals surface area contributed by atoms with Crippen molar-refractivity contribution in [3.8, 4) is 6.07 Å². The van der Waals surface area contributed by atoms with Crippen LogP contribution in [-0.4, -0.2) is 12.0 Å². The first kappa shape index (κ1) is 11.5. The number of nitrogens with one attached hydrogen (secondary N) is 1. The van der Waals surface area contributed by atoms with E-state index < -0.39 is 0 Å². The second-order valence-corrected chi connectivity index (χ2v) is 4.22. The van der Waals surface area contributed by atoms with E-state index >= 15 is 0 Å². The summed E-state index contributed by atoms with van der Waals surface area (Å²) in [6, 6.07) is 4.04. The number of nitriles is 1. The van der Waals surface area contributed by atoms with Gasteiger partial charge in [-0.3, -0.25) is 0 Å². The van der Waals surface area contributed by atoms with Crippen LogP contribution < -0.4 is 5.32 Å². The number of hydrogen-bond acceptors (Lipinski definition) is 3. The van der Waals surface area contributed by atoms with Crippen molar-refractivity contribution >= 4 is 5.82 Å². The number of aromatic nitrogens is 1. The van der Waals surface area contributed by atoms with Gasteiger partial charge in [0.25, 0.3) is 0 Å². The van der Waals surface area contributed by atoms with Crippen molar-refractivity contribution in [1.29, 1.82) is 5.26 Å². The molecule has 3 nitrogen and oxygen atoms in total. The molecule has 0 saturated heterocycles. The van der Waals surface area contributed by atoms with Crippen molar-refractivity contribution in [2.45, 2.75) is 32.6 Å². The predicted octanol–water partition coefficient (Wildman–Crippen LogP) is 2.68. The first-order chi connectivity index (χ1) is 7.05. The van der Waals surface area contributed by atoms with E-state index in [0.717, 1.165) is 17.8 Å². The van der Waals surface area contributed by atoms with Gasteiger partial charge in [-0.25, -0.2) is 4.98 Å². The average Bonchev–Trinajstić information content (AvgIpc) is 2.28. The summed E-state index contributed by atoms with van der Waals surface area (Å²) in [7, 11) is 1.85. The summed E-state index contributed by atoms with van der Waals surface area (Å²) in [5, 5.41) is 11.9. The van der Waals surface area contributed by atoms with Crippen LogP contribution >= 0.6 is 0 Å². The van der Waals surface area contributed by atoms with Crippen LogP contribution in [0.25, 0.3) is 0 Å². The molecule has 15 heavy (non-hydrogen) atoms. The second kappa shape index (κ2) is 4.31. The predicted molar refractivity (Wildman–Crippen MR) is 61.8 cm³/mol. The molecule has 1 aromatic heterocycles. The van der Waals surface area contributed by atoms with Gasteiger partial charge in [0.15, 0.2) is 0 Å². The maximum absolute atomic E-state index is 8.85. The van der Waals surface area contributed by atoms with Gasteiger partial charge < -0.3 is 5.32 Å². The van der Waals surface area contributed by atoms with Gasteiger partial charge in [0, 0.05) is 18.8 Å². The maximum Gasteiger partial charge on any atom is 0.129 e. The van der Waals surface area contributed by atoms with Crippen molar-refractivity contribution in [2.75, 3.05) is 12.4 Å². The highest BCUT2D eigenvalue weighted by molar-refractivity contribution is 5.50. The van der Waals surface area contributed by atoms with Crippen LogP contribution in [0.15, 0.2) is 12.3 Å². The summed E-state index contributed by atoms with van der Waals surface area (Å²) in [6.07, 6.45) is 2.61. The lowest BCUT2D eigenvalue weighted by Gasteiger charge is -2.25. The summed E-state index contributed by atoms with van der Waals surface area (Å²) in [4.78, 5) is 4.25. The molecule has 0 aliphatic rings. The van der Waals surface area contributed by atoms with Crippen molar-refractivity contribution < 1.29 is 0 Å². The molecule has 0 saturated carbocycles. The Labute approximate surface area is 91.1 Å². The molecule has 80 valence electrons. The molecule has 3 heteroatoms. The SMILES string of the molecule is CCC(C)(C)c1cc(C#N)cnc1NC. The average molecular weight is 203 g/mol. The normalized spacial score (nSPS) is 10.9. The van der Waals surface area contributed by atoms with Gasteiger partial charge in [0.1, 0.15) is 11.9 Å². The highest BCUT2D eigenvalue weighted by atomic mass is 15.0. The van der Waals surface area contributed by atoms with Crippen LogP contribution in [0.3, 0.4) is 0 Å². The van der Waals surface area contributed by atoms with Crippen molar-refractivity contribution in [3.05, 3.63) is 23.4 Å². The number of hydrogen-bond donors (Lipinski definition) is 1. The Balaban J connectivity index is 3.31. The van der Waals surface area contributed by atoms with Gasteiger partial charge in [-0.2, -0.15) is 5.26 Å². The van der Waals surface area contributed by atoms with Crippen LogP contribution in [0, 0.1) is 11.3 Å². The minimum Gasteiger partial charge on any atom is -0.373 e. The Bertz CT molecular complexity index is 388. The van der Waals surface area contributed by atoms with E-state index in [0.29, 0.717) is 5.56 Å². The van der Waals surface area contributed by atoms with E-state index in [2.05, 4.69) is 37.1 Å². The lowest BCUT2D eigenvalue weighted by atomic mass is 9.82. The lowest BCUT2D eigenvalue weighted by molar-refractivity contribution is 0.506. The van der Waals surface area contributed by atoms with E-state index in [4.69, 9.17) is 5.26 Å². The Kier molecular flexibility index (Phi) is 3.31. The highest BCUT2D eigenvalue weighted by Gasteiger charge is 2.22. The van der Waals surface area contributed by atoms with E-state index in [-0.39, 0.29) is 5.41 Å². The second-order valence-electron chi connectivity index (χ2n) is 4.22. The first-order valence-corrected chi connectivity index (χ1v) is 5.13. The first-order valence-electron chi connectivity index (χ1n) is 5.13. The number of nitrogens with zero attached hydrogens (tertiary/aromatic N) is 2. The van der Waals surface area contributed by atoms with Gasteiger partial charge in [-0.1, -0.05) is 20.8 Å².